The second-order valence-electron chi connectivity index (χ2n) is 6.59. The number of hydrogen-bond donors (Lipinski definition) is 2. The quantitative estimate of drug-likeness (QED) is 0.696. The maximum atomic E-state index is 10.5. The first-order valence-electron chi connectivity index (χ1n) is 7.85. The van der Waals surface area contributed by atoms with Crippen LogP contribution < -0.4 is 0 Å². The molecule has 0 aromatic rings. The maximum absolute atomic E-state index is 10.5. The maximum Gasteiger partial charge on any atom is 0.306 e. The Bertz CT molecular complexity index is 284. The summed E-state index contributed by atoms with van der Waals surface area (Å²) in [6, 6.07) is 0. The Morgan fingerprint density at radius 3 is 1.10 bits per heavy atom. The molecule has 0 heterocycles. The van der Waals surface area contributed by atoms with E-state index in [1.54, 1.807) is 0 Å². The average Bonchev–Trinajstić information content (AvgIpc) is 2.40. The first-order valence-corrected chi connectivity index (χ1v) is 7.85. The third-order valence-electron chi connectivity index (χ3n) is 4.73. The minimum absolute atomic E-state index is 0. The van der Waals surface area contributed by atoms with E-state index in [2.05, 4.69) is 13.8 Å². The van der Waals surface area contributed by atoms with E-state index in [4.69, 9.17) is 10.2 Å². The summed E-state index contributed by atoms with van der Waals surface area (Å²) in [5.41, 5.74) is 0. The summed E-state index contributed by atoms with van der Waals surface area (Å²) in [5, 5.41) is 17.2. The van der Waals surface area contributed by atoms with Gasteiger partial charge in [0, 0.05) is 27.3 Å². The molecule has 2 aliphatic carbocycles. The zero-order valence-corrected chi connectivity index (χ0v) is 17.4. The van der Waals surface area contributed by atoms with Gasteiger partial charge in [0.05, 0.1) is 11.8 Å². The number of carboxylic acid groups (broad SMARTS) is 2. The van der Waals surface area contributed by atoms with Crippen molar-refractivity contribution in [3.8, 4) is 0 Å². The zero-order chi connectivity index (χ0) is 15.1. The Kier molecular flexibility index (Phi) is 10.5. The molecule has 0 aromatic carbocycles. The van der Waals surface area contributed by atoms with Crippen molar-refractivity contribution in [3.05, 3.63) is 0 Å². The smallest absolute Gasteiger partial charge is 0.306 e. The van der Waals surface area contributed by atoms with Crippen LogP contribution in [0.1, 0.15) is 65.2 Å². The topological polar surface area (TPSA) is 74.6 Å². The van der Waals surface area contributed by atoms with Crippen molar-refractivity contribution in [1.82, 2.24) is 0 Å². The molecule has 0 saturated heterocycles. The van der Waals surface area contributed by atoms with Crippen molar-refractivity contribution in [1.29, 1.82) is 0 Å². The monoisotopic (exact) mass is 398 g/mol. The van der Waals surface area contributed by atoms with E-state index in [0.29, 0.717) is 0 Å². The van der Waals surface area contributed by atoms with Gasteiger partial charge in [-0.1, -0.05) is 13.8 Å². The Morgan fingerprint density at radius 2 is 0.905 bits per heavy atom. The summed E-state index contributed by atoms with van der Waals surface area (Å²) in [5.74, 6) is 0.192. The third-order valence-corrected chi connectivity index (χ3v) is 4.73. The average molecular weight is 397 g/mol. The van der Waals surface area contributed by atoms with Gasteiger partial charge < -0.3 is 10.2 Å². The molecule has 0 bridgehead atoms. The van der Waals surface area contributed by atoms with Gasteiger partial charge in [0.2, 0.25) is 0 Å². The summed E-state index contributed by atoms with van der Waals surface area (Å²) in [4.78, 5) is 20.9. The SMILES string of the molecule is CC1CCC(C(=O)O)CC1.CC1CCC(C(=O)O)CC1.[Cd]. The predicted molar refractivity (Wildman–Crippen MR) is 77.5 cm³/mol. The Balaban J connectivity index is 0.000000364. The second kappa shape index (κ2) is 10.6. The first-order chi connectivity index (χ1) is 9.40. The van der Waals surface area contributed by atoms with Crippen molar-refractivity contribution in [2.45, 2.75) is 65.2 Å². The molecule has 0 aromatic heterocycles. The molecule has 0 spiro atoms. The van der Waals surface area contributed by atoms with E-state index in [0.717, 1.165) is 63.2 Å². The largest absolute Gasteiger partial charge is 0.481 e. The van der Waals surface area contributed by atoms with Crippen LogP contribution in [0.2, 0.25) is 0 Å². The molecule has 2 saturated carbocycles. The van der Waals surface area contributed by atoms with Gasteiger partial charge in [-0.25, -0.2) is 0 Å². The van der Waals surface area contributed by atoms with Gasteiger partial charge in [-0.15, -0.1) is 0 Å². The fourth-order valence-electron chi connectivity index (χ4n) is 3.01. The number of carboxylic acids is 2. The first kappa shape index (κ1) is 20.9. The molecule has 0 radical (unpaired) electrons. The normalized spacial score (nSPS) is 32.1. The molecule has 4 nitrogen and oxygen atoms in total. The van der Waals surface area contributed by atoms with Crippen LogP contribution in [0.15, 0.2) is 0 Å². The molecular weight excluding hydrogens is 369 g/mol. The van der Waals surface area contributed by atoms with E-state index in [-0.39, 0.29) is 39.1 Å². The van der Waals surface area contributed by atoms with Crippen LogP contribution in [-0.4, -0.2) is 22.2 Å². The van der Waals surface area contributed by atoms with Crippen molar-refractivity contribution < 1.29 is 47.1 Å². The van der Waals surface area contributed by atoms with Gasteiger partial charge in [-0.3, -0.25) is 9.59 Å². The van der Waals surface area contributed by atoms with Crippen LogP contribution in [0.25, 0.3) is 0 Å². The molecule has 2 aliphatic rings. The van der Waals surface area contributed by atoms with Crippen LogP contribution in [0.5, 0.6) is 0 Å². The zero-order valence-electron chi connectivity index (χ0n) is 13.4. The molecule has 118 valence electrons. The Labute approximate surface area is 147 Å². The van der Waals surface area contributed by atoms with Gasteiger partial charge in [0.25, 0.3) is 0 Å². The molecule has 0 atom stereocenters. The molecule has 2 N–H and O–H groups in total. The Hall–Kier alpha value is -0.138. The van der Waals surface area contributed by atoms with E-state index in [1.807, 2.05) is 0 Å². The fraction of sp³-hybridized carbons (Fsp3) is 0.875. The van der Waals surface area contributed by atoms with E-state index in [9.17, 15) is 9.59 Å². The van der Waals surface area contributed by atoms with Gasteiger partial charge in [-0.2, -0.15) is 0 Å². The molecule has 0 unspecified atom stereocenters. The molecular formula is C16H28CdO4. The van der Waals surface area contributed by atoms with Crippen LogP contribution in [0.3, 0.4) is 0 Å². The molecule has 2 fully saturated rings. The number of hydrogen-bond acceptors (Lipinski definition) is 2. The summed E-state index contributed by atoms with van der Waals surface area (Å²) in [7, 11) is 0. The van der Waals surface area contributed by atoms with Crippen LogP contribution in [0.4, 0.5) is 0 Å². The standard InChI is InChI=1S/2C8H14O2.Cd/c2*1-6-2-4-7(5-3-6)8(9)10;/h2*6-7H,2-5H2,1H3,(H,9,10);. The van der Waals surface area contributed by atoms with Gasteiger partial charge in [0.1, 0.15) is 0 Å². The van der Waals surface area contributed by atoms with Gasteiger partial charge >= 0.3 is 11.9 Å². The van der Waals surface area contributed by atoms with Crippen LogP contribution >= 0.6 is 0 Å². The van der Waals surface area contributed by atoms with Gasteiger partial charge in [-0.05, 0) is 63.2 Å². The number of carbonyl (C=O) groups is 2. The summed E-state index contributed by atoms with van der Waals surface area (Å²) in [6.45, 7) is 4.39. The molecule has 2 rings (SSSR count). The van der Waals surface area contributed by atoms with Crippen LogP contribution in [0, 0.1) is 23.7 Å². The van der Waals surface area contributed by atoms with Crippen molar-refractivity contribution in [2.75, 3.05) is 0 Å². The van der Waals surface area contributed by atoms with E-state index < -0.39 is 11.9 Å². The summed E-state index contributed by atoms with van der Waals surface area (Å²) in [6.07, 6.45) is 7.92. The molecule has 21 heavy (non-hydrogen) atoms. The number of rotatable bonds is 2. The Morgan fingerprint density at radius 1 is 0.667 bits per heavy atom. The molecule has 0 amide bonds. The molecule has 0 aliphatic heterocycles. The van der Waals surface area contributed by atoms with E-state index >= 15 is 0 Å². The van der Waals surface area contributed by atoms with E-state index in [1.165, 1.54) is 0 Å². The van der Waals surface area contributed by atoms with Crippen LogP contribution in [-0.2, 0) is 36.9 Å². The summed E-state index contributed by atoms with van der Waals surface area (Å²) >= 11 is 0. The predicted octanol–water partition coefficient (Wildman–Crippen LogP) is 3.79. The minimum atomic E-state index is -0.605. The van der Waals surface area contributed by atoms with Gasteiger partial charge in [0.15, 0.2) is 0 Å². The summed E-state index contributed by atoms with van der Waals surface area (Å²) < 4.78 is 0. The third kappa shape index (κ3) is 8.16. The second-order valence-corrected chi connectivity index (χ2v) is 6.59. The van der Waals surface area contributed by atoms with Crippen molar-refractivity contribution in [2.24, 2.45) is 23.7 Å². The van der Waals surface area contributed by atoms with Crippen molar-refractivity contribution in [3.63, 3.8) is 0 Å². The number of aliphatic carboxylic acids is 2. The minimum Gasteiger partial charge on any atom is -0.481 e. The molecule has 5 heteroatoms. The fourth-order valence-corrected chi connectivity index (χ4v) is 3.01. The van der Waals surface area contributed by atoms with Crippen molar-refractivity contribution >= 4 is 11.9 Å².